The number of likely N-dealkylation sites (N-methyl/N-ethyl adjacent to an activating group) is 1. The van der Waals surface area contributed by atoms with Gasteiger partial charge < -0.3 is 10.4 Å². The van der Waals surface area contributed by atoms with Crippen molar-refractivity contribution in [2.75, 3.05) is 13.7 Å². The number of nitrogens with zero attached hydrogens (tertiary/aromatic N) is 3. The quantitative estimate of drug-likeness (QED) is 0.593. The minimum Gasteiger partial charge on any atom is -0.394 e. The van der Waals surface area contributed by atoms with Gasteiger partial charge in [-0.2, -0.15) is 15.0 Å². The number of aromatic nitrogens is 3. The fourth-order valence-electron chi connectivity index (χ4n) is 0.854. The van der Waals surface area contributed by atoms with E-state index in [0.717, 1.165) is 5.69 Å². The Balaban J connectivity index is 2.73. The SMILES string of the molecule is CNC(CO)c1cnn(C)n1. The largest absolute Gasteiger partial charge is 0.394 e. The van der Waals surface area contributed by atoms with Crippen LogP contribution in [0.15, 0.2) is 6.20 Å². The maximum atomic E-state index is 8.85. The molecule has 1 atom stereocenters. The van der Waals surface area contributed by atoms with Gasteiger partial charge in [0.1, 0.15) is 5.69 Å². The standard InChI is InChI=1S/C6H12N4O/c1-7-6(4-11)5-3-8-10(2)9-5/h3,6-7,11H,4H2,1-2H3. The lowest BCUT2D eigenvalue weighted by Crippen LogP contribution is -2.20. The van der Waals surface area contributed by atoms with Crippen molar-refractivity contribution in [2.45, 2.75) is 6.04 Å². The lowest BCUT2D eigenvalue weighted by atomic mass is 10.2. The van der Waals surface area contributed by atoms with E-state index in [1.54, 1.807) is 20.3 Å². The van der Waals surface area contributed by atoms with E-state index in [1.165, 1.54) is 4.80 Å². The Labute approximate surface area is 65.0 Å². The van der Waals surface area contributed by atoms with E-state index in [9.17, 15) is 0 Å². The van der Waals surface area contributed by atoms with E-state index in [0.29, 0.717) is 0 Å². The molecule has 5 heteroatoms. The van der Waals surface area contributed by atoms with Crippen molar-refractivity contribution in [1.29, 1.82) is 0 Å². The van der Waals surface area contributed by atoms with Crippen LogP contribution in [0.2, 0.25) is 0 Å². The summed E-state index contributed by atoms with van der Waals surface area (Å²) in [4.78, 5) is 1.47. The van der Waals surface area contributed by atoms with Crippen LogP contribution in [-0.4, -0.2) is 33.8 Å². The zero-order valence-electron chi connectivity index (χ0n) is 6.65. The van der Waals surface area contributed by atoms with Crippen LogP contribution in [0.5, 0.6) is 0 Å². The second-order valence-electron chi connectivity index (χ2n) is 2.28. The maximum absolute atomic E-state index is 8.85. The smallest absolute Gasteiger partial charge is 0.102 e. The van der Waals surface area contributed by atoms with Crippen LogP contribution in [0.1, 0.15) is 11.7 Å². The number of hydrogen-bond donors (Lipinski definition) is 2. The van der Waals surface area contributed by atoms with E-state index in [4.69, 9.17) is 5.11 Å². The molecule has 1 unspecified atom stereocenters. The molecule has 1 aromatic heterocycles. The Morgan fingerprint density at radius 1 is 1.82 bits per heavy atom. The van der Waals surface area contributed by atoms with Crippen molar-refractivity contribution in [3.05, 3.63) is 11.9 Å². The molecule has 0 aliphatic rings. The van der Waals surface area contributed by atoms with Gasteiger partial charge in [-0.05, 0) is 7.05 Å². The Bertz CT molecular complexity index is 218. The predicted octanol–water partition coefficient (Wildman–Crippen LogP) is -0.932. The molecule has 0 fully saturated rings. The van der Waals surface area contributed by atoms with Crippen molar-refractivity contribution in [3.8, 4) is 0 Å². The summed E-state index contributed by atoms with van der Waals surface area (Å²) < 4.78 is 0. The molecular formula is C6H12N4O. The van der Waals surface area contributed by atoms with Gasteiger partial charge in [-0.3, -0.25) is 0 Å². The third kappa shape index (κ3) is 1.75. The summed E-state index contributed by atoms with van der Waals surface area (Å²) in [6, 6.07) is -0.108. The van der Waals surface area contributed by atoms with Crippen molar-refractivity contribution in [3.63, 3.8) is 0 Å². The number of rotatable bonds is 3. The van der Waals surface area contributed by atoms with E-state index < -0.39 is 0 Å². The highest BCUT2D eigenvalue weighted by atomic mass is 16.3. The first kappa shape index (κ1) is 8.16. The number of aryl methyl sites for hydroxylation is 1. The van der Waals surface area contributed by atoms with Crippen molar-refractivity contribution >= 4 is 0 Å². The number of aliphatic hydroxyl groups is 1. The molecule has 1 rings (SSSR count). The van der Waals surface area contributed by atoms with E-state index in [2.05, 4.69) is 15.5 Å². The van der Waals surface area contributed by atoms with Gasteiger partial charge in [0, 0.05) is 7.05 Å². The zero-order chi connectivity index (χ0) is 8.27. The second kappa shape index (κ2) is 3.45. The molecule has 0 bridgehead atoms. The molecule has 0 radical (unpaired) electrons. The predicted molar refractivity (Wildman–Crippen MR) is 39.9 cm³/mol. The molecule has 5 nitrogen and oxygen atoms in total. The molecule has 11 heavy (non-hydrogen) atoms. The van der Waals surface area contributed by atoms with Crippen molar-refractivity contribution in [2.24, 2.45) is 7.05 Å². The number of hydrogen-bond acceptors (Lipinski definition) is 4. The summed E-state index contributed by atoms with van der Waals surface area (Å²) in [6.45, 7) is 0.0369. The Kier molecular flexibility index (Phi) is 2.56. The van der Waals surface area contributed by atoms with Gasteiger partial charge in [-0.25, -0.2) is 0 Å². The zero-order valence-corrected chi connectivity index (χ0v) is 6.65. The number of nitrogens with one attached hydrogen (secondary N) is 1. The van der Waals surface area contributed by atoms with Gasteiger partial charge in [-0.15, -0.1) is 0 Å². The third-order valence-corrected chi connectivity index (χ3v) is 1.51. The summed E-state index contributed by atoms with van der Waals surface area (Å²) in [7, 11) is 3.52. The van der Waals surface area contributed by atoms with Crippen LogP contribution < -0.4 is 5.32 Å². The molecule has 2 N–H and O–H groups in total. The molecule has 1 aromatic rings. The molecule has 0 aliphatic carbocycles. The monoisotopic (exact) mass is 156 g/mol. The van der Waals surface area contributed by atoms with E-state index >= 15 is 0 Å². The molecule has 1 heterocycles. The normalized spacial score (nSPS) is 13.4. The fraction of sp³-hybridized carbons (Fsp3) is 0.667. The summed E-state index contributed by atoms with van der Waals surface area (Å²) in [6.07, 6.45) is 1.64. The average Bonchev–Trinajstić information content (AvgIpc) is 2.39. The van der Waals surface area contributed by atoms with Crippen molar-refractivity contribution < 1.29 is 5.11 Å². The highest BCUT2D eigenvalue weighted by Crippen LogP contribution is 2.05. The summed E-state index contributed by atoms with van der Waals surface area (Å²) >= 11 is 0. The van der Waals surface area contributed by atoms with Crippen LogP contribution in [0.3, 0.4) is 0 Å². The average molecular weight is 156 g/mol. The van der Waals surface area contributed by atoms with Crippen LogP contribution in [0.25, 0.3) is 0 Å². The first-order valence-electron chi connectivity index (χ1n) is 3.42. The van der Waals surface area contributed by atoms with Gasteiger partial charge >= 0.3 is 0 Å². The summed E-state index contributed by atoms with van der Waals surface area (Å²) in [5, 5.41) is 19.7. The second-order valence-corrected chi connectivity index (χ2v) is 2.28. The molecule has 0 spiro atoms. The molecule has 0 aliphatic heterocycles. The van der Waals surface area contributed by atoms with Gasteiger partial charge in [0.05, 0.1) is 18.8 Å². The van der Waals surface area contributed by atoms with Gasteiger partial charge in [0.15, 0.2) is 0 Å². The molecule has 62 valence electrons. The van der Waals surface area contributed by atoms with Crippen molar-refractivity contribution in [1.82, 2.24) is 20.3 Å². The maximum Gasteiger partial charge on any atom is 0.102 e. The summed E-state index contributed by atoms with van der Waals surface area (Å²) in [5.74, 6) is 0. The van der Waals surface area contributed by atoms with E-state index in [1.807, 2.05) is 0 Å². The van der Waals surface area contributed by atoms with Crippen LogP contribution in [0, 0.1) is 0 Å². The highest BCUT2D eigenvalue weighted by molar-refractivity contribution is 4.99. The Morgan fingerprint density at radius 3 is 2.91 bits per heavy atom. The lowest BCUT2D eigenvalue weighted by molar-refractivity contribution is 0.248. The first-order chi connectivity index (χ1) is 5.27. The number of aliphatic hydroxyl groups excluding tert-OH is 1. The van der Waals surface area contributed by atoms with Gasteiger partial charge in [0.25, 0.3) is 0 Å². The highest BCUT2D eigenvalue weighted by Gasteiger charge is 2.10. The first-order valence-corrected chi connectivity index (χ1v) is 3.42. The third-order valence-electron chi connectivity index (χ3n) is 1.51. The minimum absolute atomic E-state index is 0.0369. The summed E-state index contributed by atoms with van der Waals surface area (Å²) in [5.41, 5.74) is 0.762. The molecule has 0 saturated carbocycles. The lowest BCUT2D eigenvalue weighted by Gasteiger charge is -2.07. The van der Waals surface area contributed by atoms with Gasteiger partial charge in [0.2, 0.25) is 0 Å². The molecule has 0 saturated heterocycles. The van der Waals surface area contributed by atoms with Crippen LogP contribution in [0.4, 0.5) is 0 Å². The molecular weight excluding hydrogens is 144 g/mol. The Morgan fingerprint density at radius 2 is 2.55 bits per heavy atom. The Hall–Kier alpha value is -0.940. The molecule has 0 aromatic carbocycles. The van der Waals surface area contributed by atoms with E-state index in [-0.39, 0.29) is 12.6 Å². The minimum atomic E-state index is -0.108. The fourth-order valence-corrected chi connectivity index (χ4v) is 0.854. The van der Waals surface area contributed by atoms with Gasteiger partial charge in [-0.1, -0.05) is 0 Å². The van der Waals surface area contributed by atoms with Crippen LogP contribution in [-0.2, 0) is 7.05 Å². The molecule has 0 amide bonds. The topological polar surface area (TPSA) is 63.0 Å². The van der Waals surface area contributed by atoms with Crippen LogP contribution >= 0.6 is 0 Å².